The third-order valence-corrected chi connectivity index (χ3v) is 6.33. The van der Waals surface area contributed by atoms with E-state index in [1.54, 1.807) is 24.4 Å². The number of benzene rings is 3. The Morgan fingerprint density at radius 2 is 1.18 bits per heavy atom. The van der Waals surface area contributed by atoms with Crippen LogP contribution in [0.2, 0.25) is 0 Å². The lowest BCUT2D eigenvalue weighted by Crippen LogP contribution is -2.10. The molecule has 0 radical (unpaired) electrons. The molecule has 0 unspecified atom stereocenters. The summed E-state index contributed by atoms with van der Waals surface area (Å²) in [5, 5.41) is 0. The van der Waals surface area contributed by atoms with Crippen molar-refractivity contribution in [1.82, 2.24) is 4.98 Å². The number of esters is 1. The minimum absolute atomic E-state index is 0.224. The molecular formula is C24H18NO2S+. The summed E-state index contributed by atoms with van der Waals surface area (Å²) in [5.74, 6) is 0.0440. The van der Waals surface area contributed by atoms with E-state index in [9.17, 15) is 4.79 Å². The second-order valence-corrected chi connectivity index (χ2v) is 8.03. The van der Waals surface area contributed by atoms with Gasteiger partial charge in [0.1, 0.15) is 11.4 Å². The molecule has 0 saturated heterocycles. The molecule has 4 aromatic rings. The van der Waals surface area contributed by atoms with Crippen molar-refractivity contribution in [2.24, 2.45) is 0 Å². The molecule has 4 rings (SSSR count). The van der Waals surface area contributed by atoms with Crippen LogP contribution in [0.25, 0.3) is 0 Å². The van der Waals surface area contributed by atoms with E-state index in [1.165, 1.54) is 9.79 Å². The summed E-state index contributed by atoms with van der Waals surface area (Å²) >= 11 is 0. The van der Waals surface area contributed by atoms with E-state index < -0.39 is 5.97 Å². The summed E-state index contributed by atoms with van der Waals surface area (Å²) in [7, 11) is -0.224. The molecule has 0 amide bonds. The quantitative estimate of drug-likeness (QED) is 0.263. The maximum absolute atomic E-state index is 12.2. The van der Waals surface area contributed by atoms with Crippen LogP contribution in [0.3, 0.4) is 0 Å². The molecule has 0 aliphatic carbocycles. The standard InChI is InChI=1S/C24H18NO2S/c26-24(23-13-7-8-18-25-23)27-19-14-16-22(17-15-19)28(20-9-3-1-4-10-20)21-11-5-2-6-12-21/h1-18H/q+1. The predicted molar refractivity (Wildman–Crippen MR) is 111 cm³/mol. The summed E-state index contributed by atoms with van der Waals surface area (Å²) in [5.41, 5.74) is 0.292. The van der Waals surface area contributed by atoms with Gasteiger partial charge in [-0.05, 0) is 60.7 Å². The van der Waals surface area contributed by atoms with E-state index in [0.29, 0.717) is 11.4 Å². The molecule has 0 fully saturated rings. The Balaban J connectivity index is 1.61. The van der Waals surface area contributed by atoms with Crippen molar-refractivity contribution in [3.63, 3.8) is 0 Å². The van der Waals surface area contributed by atoms with Crippen molar-refractivity contribution >= 4 is 16.9 Å². The molecule has 0 aliphatic rings. The predicted octanol–water partition coefficient (Wildman–Crippen LogP) is 5.40. The van der Waals surface area contributed by atoms with Gasteiger partial charge in [-0.15, -0.1) is 0 Å². The first kappa shape index (κ1) is 18.0. The van der Waals surface area contributed by atoms with Gasteiger partial charge in [0.15, 0.2) is 14.7 Å². The molecule has 0 N–H and O–H groups in total. The fourth-order valence-corrected chi connectivity index (χ4v) is 4.89. The van der Waals surface area contributed by atoms with E-state index >= 15 is 0 Å². The molecule has 0 atom stereocenters. The molecule has 1 aromatic heterocycles. The van der Waals surface area contributed by atoms with Gasteiger partial charge in [-0.2, -0.15) is 0 Å². The zero-order valence-corrected chi connectivity index (χ0v) is 15.9. The van der Waals surface area contributed by atoms with Crippen LogP contribution in [0.5, 0.6) is 5.75 Å². The lowest BCUT2D eigenvalue weighted by Gasteiger charge is -2.09. The van der Waals surface area contributed by atoms with E-state index in [2.05, 4.69) is 53.5 Å². The Hall–Kier alpha value is -3.37. The van der Waals surface area contributed by atoms with Crippen molar-refractivity contribution in [3.05, 3.63) is 115 Å². The van der Waals surface area contributed by atoms with Crippen molar-refractivity contribution in [3.8, 4) is 5.75 Å². The van der Waals surface area contributed by atoms with Gasteiger partial charge in [0.05, 0.1) is 10.9 Å². The number of hydrogen-bond donors (Lipinski definition) is 0. The van der Waals surface area contributed by atoms with Crippen LogP contribution < -0.4 is 4.74 Å². The molecular weight excluding hydrogens is 366 g/mol. The summed E-state index contributed by atoms with van der Waals surface area (Å²) in [6.07, 6.45) is 1.57. The van der Waals surface area contributed by atoms with Crippen molar-refractivity contribution in [2.45, 2.75) is 14.7 Å². The summed E-state index contributed by atoms with van der Waals surface area (Å²) < 4.78 is 5.45. The smallest absolute Gasteiger partial charge is 0.362 e. The minimum atomic E-state index is -0.460. The highest BCUT2D eigenvalue weighted by atomic mass is 32.2. The minimum Gasteiger partial charge on any atom is -0.422 e. The maximum atomic E-state index is 12.2. The molecule has 1 heterocycles. The van der Waals surface area contributed by atoms with E-state index in [1.807, 2.05) is 36.4 Å². The summed E-state index contributed by atoms with van der Waals surface area (Å²) in [6, 6.07) is 33.7. The Kier molecular flexibility index (Phi) is 5.50. The van der Waals surface area contributed by atoms with E-state index in [-0.39, 0.29) is 10.9 Å². The van der Waals surface area contributed by atoms with Crippen LogP contribution >= 0.6 is 0 Å². The Bertz CT molecular complexity index is 997. The summed E-state index contributed by atoms with van der Waals surface area (Å²) in [6.45, 7) is 0. The zero-order valence-electron chi connectivity index (χ0n) is 15.1. The second kappa shape index (κ2) is 8.55. The van der Waals surface area contributed by atoms with Crippen molar-refractivity contribution in [1.29, 1.82) is 0 Å². The van der Waals surface area contributed by atoms with Gasteiger partial charge in [-0.3, -0.25) is 0 Å². The average molecular weight is 384 g/mol. The van der Waals surface area contributed by atoms with E-state index in [0.717, 1.165) is 4.90 Å². The SMILES string of the molecule is O=C(Oc1ccc([S+](c2ccccc2)c2ccccc2)cc1)c1ccccn1. The summed E-state index contributed by atoms with van der Waals surface area (Å²) in [4.78, 5) is 19.9. The maximum Gasteiger partial charge on any atom is 0.362 e. The zero-order chi connectivity index (χ0) is 19.2. The number of carbonyl (C=O) groups is 1. The van der Waals surface area contributed by atoms with Crippen LogP contribution in [0.15, 0.2) is 124 Å². The van der Waals surface area contributed by atoms with Gasteiger partial charge in [-0.1, -0.05) is 42.5 Å². The highest BCUT2D eigenvalue weighted by Crippen LogP contribution is 2.31. The van der Waals surface area contributed by atoms with Gasteiger partial charge in [0, 0.05) is 6.20 Å². The number of pyridine rings is 1. The van der Waals surface area contributed by atoms with Crippen LogP contribution in [0.1, 0.15) is 10.5 Å². The topological polar surface area (TPSA) is 39.2 Å². The number of nitrogens with zero attached hydrogens (tertiary/aromatic N) is 1. The van der Waals surface area contributed by atoms with Gasteiger partial charge in [0.25, 0.3) is 0 Å². The normalized spacial score (nSPS) is 10.6. The third kappa shape index (κ3) is 4.13. The van der Waals surface area contributed by atoms with E-state index in [4.69, 9.17) is 4.74 Å². The first-order valence-corrected chi connectivity index (χ1v) is 10.1. The van der Waals surface area contributed by atoms with Gasteiger partial charge < -0.3 is 4.74 Å². The molecule has 28 heavy (non-hydrogen) atoms. The van der Waals surface area contributed by atoms with Crippen LogP contribution in [0.4, 0.5) is 0 Å². The number of hydrogen-bond acceptors (Lipinski definition) is 3. The van der Waals surface area contributed by atoms with Gasteiger partial charge in [-0.25, -0.2) is 9.78 Å². The Labute approximate surface area is 167 Å². The van der Waals surface area contributed by atoms with Gasteiger partial charge >= 0.3 is 5.97 Å². The average Bonchev–Trinajstić information content (AvgIpc) is 2.77. The Morgan fingerprint density at radius 3 is 1.71 bits per heavy atom. The molecule has 0 spiro atoms. The number of ether oxygens (including phenoxy) is 1. The first-order valence-electron chi connectivity index (χ1n) is 8.89. The lowest BCUT2D eigenvalue weighted by molar-refractivity contribution is 0.0728. The van der Waals surface area contributed by atoms with Crippen LogP contribution in [-0.2, 0) is 10.9 Å². The highest BCUT2D eigenvalue weighted by Gasteiger charge is 2.28. The molecule has 136 valence electrons. The third-order valence-electron chi connectivity index (χ3n) is 4.10. The first-order chi connectivity index (χ1) is 13.8. The molecule has 3 aromatic carbocycles. The molecule has 0 bridgehead atoms. The lowest BCUT2D eigenvalue weighted by atomic mass is 10.3. The van der Waals surface area contributed by atoms with Gasteiger partial charge in [0.2, 0.25) is 0 Å². The number of rotatable bonds is 5. The fourth-order valence-electron chi connectivity index (χ4n) is 2.81. The molecule has 0 aliphatic heterocycles. The van der Waals surface area contributed by atoms with Crippen molar-refractivity contribution < 1.29 is 9.53 Å². The monoisotopic (exact) mass is 384 g/mol. The highest BCUT2D eigenvalue weighted by molar-refractivity contribution is 7.97. The fraction of sp³-hybridized carbons (Fsp3) is 0. The van der Waals surface area contributed by atoms with Crippen molar-refractivity contribution in [2.75, 3.05) is 0 Å². The second-order valence-electron chi connectivity index (χ2n) is 6.01. The number of carbonyl (C=O) groups excluding carboxylic acids is 1. The Morgan fingerprint density at radius 1 is 0.643 bits per heavy atom. The number of aromatic nitrogens is 1. The largest absolute Gasteiger partial charge is 0.422 e. The molecule has 3 nitrogen and oxygen atoms in total. The van der Waals surface area contributed by atoms with Crippen LogP contribution in [0, 0.1) is 0 Å². The molecule has 0 saturated carbocycles. The van der Waals surface area contributed by atoms with Crippen LogP contribution in [-0.4, -0.2) is 11.0 Å². The molecule has 4 heteroatoms.